The van der Waals surface area contributed by atoms with Gasteiger partial charge in [-0.2, -0.15) is 5.10 Å². The van der Waals surface area contributed by atoms with Gasteiger partial charge in [0.25, 0.3) is 5.91 Å². The van der Waals surface area contributed by atoms with Crippen molar-refractivity contribution in [2.24, 2.45) is 18.9 Å². The van der Waals surface area contributed by atoms with Gasteiger partial charge >= 0.3 is 0 Å². The van der Waals surface area contributed by atoms with Gasteiger partial charge in [-0.3, -0.25) is 9.48 Å². The normalized spacial score (nSPS) is 26.3. The standard InChI is InChI=1S/C18H21N3O2/c1-20-16(9-10-19-20)18(22)21-11-13-7-8-17(15(13)12-21)23-14-5-3-2-4-6-14/h2-6,9-10,13,15,17H,7-8,11-12H2,1H3/t13-,15+,17-/m0/s1. The Kier molecular flexibility index (Phi) is 3.56. The molecule has 2 aliphatic rings. The van der Waals surface area contributed by atoms with Crippen LogP contribution in [-0.4, -0.2) is 39.8 Å². The van der Waals surface area contributed by atoms with E-state index in [2.05, 4.69) is 5.10 Å². The Balaban J connectivity index is 1.45. The van der Waals surface area contributed by atoms with Crippen LogP contribution in [0.4, 0.5) is 0 Å². The lowest BCUT2D eigenvalue weighted by molar-refractivity contribution is 0.0751. The number of hydrogen-bond acceptors (Lipinski definition) is 3. The van der Waals surface area contributed by atoms with E-state index in [0.29, 0.717) is 17.5 Å². The second kappa shape index (κ2) is 5.72. The van der Waals surface area contributed by atoms with Gasteiger partial charge in [0.05, 0.1) is 0 Å². The van der Waals surface area contributed by atoms with Crippen molar-refractivity contribution in [1.82, 2.24) is 14.7 Å². The van der Waals surface area contributed by atoms with E-state index < -0.39 is 0 Å². The molecule has 2 heterocycles. The van der Waals surface area contributed by atoms with Gasteiger partial charge in [0.2, 0.25) is 0 Å². The van der Waals surface area contributed by atoms with Gasteiger partial charge < -0.3 is 9.64 Å². The van der Waals surface area contributed by atoms with Crippen LogP contribution in [0.25, 0.3) is 0 Å². The van der Waals surface area contributed by atoms with Crippen LogP contribution >= 0.6 is 0 Å². The molecule has 5 heteroatoms. The van der Waals surface area contributed by atoms with Crippen molar-refractivity contribution in [2.45, 2.75) is 18.9 Å². The van der Waals surface area contributed by atoms with E-state index in [9.17, 15) is 4.79 Å². The molecule has 120 valence electrons. The van der Waals surface area contributed by atoms with Crippen molar-refractivity contribution in [1.29, 1.82) is 0 Å². The van der Waals surface area contributed by atoms with Crippen molar-refractivity contribution in [3.05, 3.63) is 48.3 Å². The molecule has 0 N–H and O–H groups in total. The predicted molar refractivity (Wildman–Crippen MR) is 86.2 cm³/mol. The molecule has 0 bridgehead atoms. The fourth-order valence-electron chi connectivity index (χ4n) is 3.95. The van der Waals surface area contributed by atoms with E-state index in [1.807, 2.05) is 42.3 Å². The number of fused-ring (bicyclic) bond motifs is 1. The molecular weight excluding hydrogens is 290 g/mol. The third kappa shape index (κ3) is 2.60. The van der Waals surface area contributed by atoms with Gasteiger partial charge in [0.15, 0.2) is 0 Å². The fourth-order valence-corrected chi connectivity index (χ4v) is 3.95. The second-order valence-corrected chi connectivity index (χ2v) is 6.52. The minimum absolute atomic E-state index is 0.0814. The molecule has 3 atom stereocenters. The number of aromatic nitrogens is 2. The Morgan fingerprint density at radius 3 is 2.74 bits per heavy atom. The lowest BCUT2D eigenvalue weighted by Crippen LogP contribution is -2.33. The first-order valence-electron chi connectivity index (χ1n) is 8.21. The highest BCUT2D eigenvalue weighted by Gasteiger charge is 2.45. The minimum Gasteiger partial charge on any atom is -0.490 e. The molecule has 1 aliphatic heterocycles. The quantitative estimate of drug-likeness (QED) is 0.874. The zero-order valence-corrected chi connectivity index (χ0v) is 13.3. The molecular formula is C18H21N3O2. The van der Waals surface area contributed by atoms with Crippen molar-refractivity contribution >= 4 is 5.91 Å². The summed E-state index contributed by atoms with van der Waals surface area (Å²) in [7, 11) is 1.81. The second-order valence-electron chi connectivity index (χ2n) is 6.52. The average molecular weight is 311 g/mol. The molecule has 2 fully saturated rings. The topological polar surface area (TPSA) is 47.4 Å². The summed E-state index contributed by atoms with van der Waals surface area (Å²) in [5.41, 5.74) is 0.658. The number of ether oxygens (including phenoxy) is 1. The van der Waals surface area contributed by atoms with Crippen LogP contribution in [-0.2, 0) is 7.05 Å². The van der Waals surface area contributed by atoms with Crippen molar-refractivity contribution < 1.29 is 9.53 Å². The van der Waals surface area contributed by atoms with Crippen LogP contribution in [0, 0.1) is 11.8 Å². The van der Waals surface area contributed by atoms with Crippen LogP contribution in [0.2, 0.25) is 0 Å². The Hall–Kier alpha value is -2.30. The molecule has 0 radical (unpaired) electrons. The molecule has 1 aliphatic carbocycles. The summed E-state index contributed by atoms with van der Waals surface area (Å²) in [5, 5.41) is 4.10. The Morgan fingerprint density at radius 1 is 1.17 bits per heavy atom. The number of carbonyl (C=O) groups excluding carboxylic acids is 1. The summed E-state index contributed by atoms with van der Waals surface area (Å²) in [4.78, 5) is 14.6. The number of rotatable bonds is 3. The molecule has 4 rings (SSSR count). The highest BCUT2D eigenvalue weighted by atomic mass is 16.5. The van der Waals surface area contributed by atoms with Gasteiger partial charge in [-0.1, -0.05) is 18.2 Å². The number of para-hydroxylation sites is 1. The molecule has 1 saturated carbocycles. The maximum Gasteiger partial charge on any atom is 0.272 e. The summed E-state index contributed by atoms with van der Waals surface area (Å²) < 4.78 is 7.82. The van der Waals surface area contributed by atoms with E-state index in [4.69, 9.17) is 4.74 Å². The van der Waals surface area contributed by atoms with E-state index in [0.717, 1.165) is 31.7 Å². The number of likely N-dealkylation sites (tertiary alicyclic amines) is 1. The third-order valence-corrected chi connectivity index (χ3v) is 5.15. The van der Waals surface area contributed by atoms with Crippen LogP contribution in [0.15, 0.2) is 42.6 Å². The molecule has 1 saturated heterocycles. The molecule has 1 aromatic heterocycles. The van der Waals surface area contributed by atoms with Crippen LogP contribution < -0.4 is 4.74 Å². The Morgan fingerprint density at radius 2 is 2.00 bits per heavy atom. The van der Waals surface area contributed by atoms with E-state index in [1.54, 1.807) is 16.9 Å². The number of hydrogen-bond donors (Lipinski definition) is 0. The smallest absolute Gasteiger partial charge is 0.272 e. The van der Waals surface area contributed by atoms with Gasteiger partial charge in [0, 0.05) is 32.3 Å². The lowest BCUT2D eigenvalue weighted by Gasteiger charge is -2.22. The van der Waals surface area contributed by atoms with Gasteiger partial charge in [-0.15, -0.1) is 0 Å². The zero-order chi connectivity index (χ0) is 15.8. The lowest BCUT2D eigenvalue weighted by atomic mass is 9.99. The largest absolute Gasteiger partial charge is 0.490 e. The summed E-state index contributed by atoms with van der Waals surface area (Å²) in [5.74, 6) is 2.00. The Labute approximate surface area is 135 Å². The molecule has 1 amide bonds. The zero-order valence-electron chi connectivity index (χ0n) is 13.3. The molecule has 2 aromatic rings. The minimum atomic E-state index is 0.0814. The number of carbonyl (C=O) groups is 1. The first-order valence-corrected chi connectivity index (χ1v) is 8.21. The average Bonchev–Trinajstić information content (AvgIpc) is 3.25. The monoisotopic (exact) mass is 311 g/mol. The first kappa shape index (κ1) is 14.3. The van der Waals surface area contributed by atoms with Crippen LogP contribution in [0.3, 0.4) is 0 Å². The summed E-state index contributed by atoms with van der Waals surface area (Å²) in [6, 6.07) is 11.8. The summed E-state index contributed by atoms with van der Waals surface area (Å²) >= 11 is 0. The van der Waals surface area contributed by atoms with E-state index >= 15 is 0 Å². The van der Waals surface area contributed by atoms with Crippen molar-refractivity contribution in [3.8, 4) is 5.75 Å². The van der Waals surface area contributed by atoms with Crippen LogP contribution in [0.5, 0.6) is 5.75 Å². The van der Waals surface area contributed by atoms with E-state index in [1.165, 1.54) is 0 Å². The van der Waals surface area contributed by atoms with E-state index in [-0.39, 0.29) is 12.0 Å². The number of nitrogens with zero attached hydrogens (tertiary/aromatic N) is 3. The number of benzene rings is 1. The highest BCUT2D eigenvalue weighted by molar-refractivity contribution is 5.92. The van der Waals surface area contributed by atoms with Crippen molar-refractivity contribution in [2.75, 3.05) is 13.1 Å². The van der Waals surface area contributed by atoms with Gasteiger partial charge in [-0.25, -0.2) is 0 Å². The predicted octanol–water partition coefficient (Wildman–Crippen LogP) is 2.35. The maximum atomic E-state index is 12.6. The molecule has 1 aromatic carbocycles. The number of amides is 1. The van der Waals surface area contributed by atoms with Crippen LogP contribution in [0.1, 0.15) is 23.3 Å². The molecule has 0 spiro atoms. The van der Waals surface area contributed by atoms with Gasteiger partial charge in [0.1, 0.15) is 17.5 Å². The summed E-state index contributed by atoms with van der Waals surface area (Å²) in [6.45, 7) is 1.62. The number of aryl methyl sites for hydroxylation is 1. The molecule has 0 unspecified atom stereocenters. The SMILES string of the molecule is Cn1nccc1C(=O)N1C[C@@H]2CC[C@H](Oc3ccccc3)[C@@H]2C1. The van der Waals surface area contributed by atoms with Crippen molar-refractivity contribution in [3.63, 3.8) is 0 Å². The fraction of sp³-hybridized carbons (Fsp3) is 0.444. The first-order chi connectivity index (χ1) is 11.2. The third-order valence-electron chi connectivity index (χ3n) is 5.15. The molecule has 23 heavy (non-hydrogen) atoms. The Bertz CT molecular complexity index is 697. The summed E-state index contributed by atoms with van der Waals surface area (Å²) in [6.07, 6.45) is 4.10. The molecule has 5 nitrogen and oxygen atoms in total. The van der Waals surface area contributed by atoms with Gasteiger partial charge in [-0.05, 0) is 37.0 Å². The highest BCUT2D eigenvalue weighted by Crippen LogP contribution is 2.40. The maximum absolute atomic E-state index is 12.6.